The van der Waals surface area contributed by atoms with Crippen LogP contribution in [-0.2, 0) is 26.8 Å². The number of nitrogens with zero attached hydrogens (tertiary/aromatic N) is 3. The summed E-state index contributed by atoms with van der Waals surface area (Å²) in [6, 6.07) is 6.38. The molecule has 0 bridgehead atoms. The van der Waals surface area contributed by atoms with Gasteiger partial charge in [-0.3, -0.25) is 18.7 Å². The molecular formula is C24H36ClN3O3S. The Morgan fingerprint density at radius 2 is 1.69 bits per heavy atom. The van der Waals surface area contributed by atoms with Crippen molar-refractivity contribution in [1.82, 2.24) is 9.80 Å². The van der Waals surface area contributed by atoms with E-state index in [2.05, 4.69) is 35.0 Å². The van der Waals surface area contributed by atoms with E-state index >= 15 is 0 Å². The summed E-state index contributed by atoms with van der Waals surface area (Å²) in [6.45, 7) is 2.63. The van der Waals surface area contributed by atoms with Crippen LogP contribution in [0.5, 0.6) is 0 Å². The van der Waals surface area contributed by atoms with E-state index in [0.29, 0.717) is 12.4 Å². The quantitative estimate of drug-likeness (QED) is 0.378. The number of carbonyl (C=O) groups is 2. The zero-order valence-corrected chi connectivity index (χ0v) is 20.9. The number of hydrogen-bond acceptors (Lipinski definition) is 5. The molecule has 0 N–H and O–H groups in total. The molecule has 2 aliphatic heterocycles. The largest absolute Gasteiger partial charge is 0.361 e. The van der Waals surface area contributed by atoms with E-state index in [9.17, 15) is 13.8 Å². The molecule has 2 amide bonds. The van der Waals surface area contributed by atoms with Gasteiger partial charge >= 0.3 is 0 Å². The van der Waals surface area contributed by atoms with Crippen molar-refractivity contribution >= 4 is 40.7 Å². The third-order valence-corrected chi connectivity index (χ3v) is 8.54. The molecule has 1 aromatic rings. The Bertz CT molecular complexity index is 843. The van der Waals surface area contributed by atoms with Crippen molar-refractivity contribution < 1.29 is 13.8 Å². The third kappa shape index (κ3) is 5.37. The lowest BCUT2D eigenvalue weighted by Gasteiger charge is -2.19. The number of rotatable bonds is 10. The van der Waals surface area contributed by atoms with E-state index < -0.39 is 10.8 Å². The second kappa shape index (κ2) is 11.1. The fourth-order valence-electron chi connectivity index (χ4n) is 5.28. The fraction of sp³-hybridized carbons (Fsp3) is 0.667. The van der Waals surface area contributed by atoms with Gasteiger partial charge in [-0.15, -0.1) is 12.4 Å². The van der Waals surface area contributed by atoms with Crippen LogP contribution in [0, 0.1) is 11.8 Å². The maximum atomic E-state index is 12.4. The lowest BCUT2D eigenvalue weighted by atomic mass is 10.00. The zero-order valence-electron chi connectivity index (χ0n) is 19.3. The minimum absolute atomic E-state index is 0. The van der Waals surface area contributed by atoms with Crippen LogP contribution in [0.25, 0.3) is 0 Å². The van der Waals surface area contributed by atoms with Crippen molar-refractivity contribution in [2.24, 2.45) is 11.8 Å². The molecule has 1 saturated heterocycles. The molecule has 1 aliphatic carbocycles. The van der Waals surface area contributed by atoms with Crippen LogP contribution in [-0.4, -0.2) is 65.4 Å². The highest BCUT2D eigenvalue weighted by molar-refractivity contribution is 7.85. The van der Waals surface area contributed by atoms with Crippen LogP contribution >= 0.6 is 12.4 Å². The van der Waals surface area contributed by atoms with Crippen LogP contribution in [0.15, 0.2) is 23.1 Å². The summed E-state index contributed by atoms with van der Waals surface area (Å²) >= 11 is 0. The standard InChI is InChI=1S/C24H35N3O3S.ClH/c1-25(14-5-6-15-27-23(28)19-9-7-10-20(19)24(27)29)13-4-3-8-18-11-12-21-22(16-18)31(30)17-26(21)2;/h11-12,16,19-20H,3-10,13-15,17H2,1-2H3;1H. The van der Waals surface area contributed by atoms with Crippen LogP contribution < -0.4 is 4.90 Å². The summed E-state index contributed by atoms with van der Waals surface area (Å²) in [5.74, 6) is 0.749. The molecule has 1 aromatic carbocycles. The summed E-state index contributed by atoms with van der Waals surface area (Å²) in [7, 11) is 3.24. The summed E-state index contributed by atoms with van der Waals surface area (Å²) in [6.07, 6.45) is 7.98. The highest BCUT2D eigenvalue weighted by Gasteiger charge is 2.49. The molecule has 3 unspecified atom stereocenters. The lowest BCUT2D eigenvalue weighted by molar-refractivity contribution is -0.140. The minimum Gasteiger partial charge on any atom is -0.361 e. The number of likely N-dealkylation sites (tertiary alicyclic amines) is 1. The number of unbranched alkanes of at least 4 members (excludes halogenated alkanes) is 2. The molecule has 2 heterocycles. The van der Waals surface area contributed by atoms with Gasteiger partial charge in [-0.25, -0.2) is 0 Å². The molecule has 0 aromatic heterocycles. The maximum Gasteiger partial charge on any atom is 0.233 e. The van der Waals surface area contributed by atoms with Gasteiger partial charge in [0.1, 0.15) is 0 Å². The van der Waals surface area contributed by atoms with Crippen LogP contribution in [0.2, 0.25) is 0 Å². The molecule has 8 heteroatoms. The SMILES string of the molecule is CN(CCCCc1ccc2c(c1)S(=O)CN2C)CCCCN1C(=O)C2CCCC2C1=O.Cl. The average molecular weight is 482 g/mol. The van der Waals surface area contributed by atoms with Crippen molar-refractivity contribution in [2.45, 2.75) is 56.3 Å². The van der Waals surface area contributed by atoms with E-state index in [0.717, 1.165) is 75.0 Å². The first kappa shape index (κ1) is 25.2. The molecule has 3 aliphatic rings. The summed E-state index contributed by atoms with van der Waals surface area (Å²) in [5, 5.41) is 0. The predicted molar refractivity (Wildman–Crippen MR) is 131 cm³/mol. The Morgan fingerprint density at radius 3 is 2.38 bits per heavy atom. The monoisotopic (exact) mass is 481 g/mol. The van der Waals surface area contributed by atoms with Crippen molar-refractivity contribution in [3.63, 3.8) is 0 Å². The van der Waals surface area contributed by atoms with E-state index in [-0.39, 0.29) is 36.1 Å². The van der Waals surface area contributed by atoms with Crippen molar-refractivity contribution in [2.75, 3.05) is 44.5 Å². The Kier molecular flexibility index (Phi) is 8.75. The Morgan fingerprint density at radius 1 is 1.03 bits per heavy atom. The number of aryl methyl sites for hydroxylation is 1. The highest BCUT2D eigenvalue weighted by atomic mass is 35.5. The number of fused-ring (bicyclic) bond motifs is 2. The first-order valence-corrected chi connectivity index (χ1v) is 13.0. The van der Waals surface area contributed by atoms with Gasteiger partial charge < -0.3 is 9.80 Å². The Hall–Kier alpha value is -1.44. The highest BCUT2D eigenvalue weighted by Crippen LogP contribution is 2.39. The van der Waals surface area contributed by atoms with Gasteiger partial charge in [0.2, 0.25) is 11.8 Å². The van der Waals surface area contributed by atoms with Crippen molar-refractivity contribution in [1.29, 1.82) is 0 Å². The van der Waals surface area contributed by atoms with E-state index in [1.54, 1.807) is 0 Å². The van der Waals surface area contributed by atoms with Crippen LogP contribution in [0.4, 0.5) is 5.69 Å². The smallest absolute Gasteiger partial charge is 0.233 e. The first-order chi connectivity index (χ1) is 15.0. The fourth-order valence-corrected chi connectivity index (χ4v) is 6.65. The number of halogens is 1. The predicted octanol–water partition coefficient (Wildman–Crippen LogP) is 3.44. The molecule has 6 nitrogen and oxygen atoms in total. The topological polar surface area (TPSA) is 60.9 Å². The Balaban J connectivity index is 0.00000289. The number of imide groups is 1. The number of anilines is 1. The number of benzene rings is 1. The first-order valence-electron chi connectivity index (χ1n) is 11.7. The van der Waals surface area contributed by atoms with Crippen molar-refractivity contribution in [3.05, 3.63) is 23.8 Å². The normalized spacial score (nSPS) is 24.3. The second-order valence-corrected chi connectivity index (χ2v) is 10.8. The van der Waals surface area contributed by atoms with Gasteiger partial charge in [-0.2, -0.15) is 0 Å². The molecule has 0 spiro atoms. The van der Waals surface area contributed by atoms with E-state index in [1.807, 2.05) is 7.05 Å². The lowest BCUT2D eigenvalue weighted by Crippen LogP contribution is -2.33. The zero-order chi connectivity index (χ0) is 22.0. The Labute approximate surface area is 200 Å². The van der Waals surface area contributed by atoms with Crippen molar-refractivity contribution in [3.8, 4) is 0 Å². The number of carbonyl (C=O) groups excluding carboxylic acids is 2. The van der Waals surface area contributed by atoms with Crippen LogP contribution in [0.1, 0.15) is 50.5 Å². The molecular weight excluding hydrogens is 446 g/mol. The minimum atomic E-state index is -0.893. The number of hydrogen-bond donors (Lipinski definition) is 0. The third-order valence-electron chi connectivity index (χ3n) is 7.10. The molecule has 2 fully saturated rings. The molecule has 1 saturated carbocycles. The van der Waals surface area contributed by atoms with E-state index in [4.69, 9.17) is 0 Å². The van der Waals surface area contributed by atoms with Gasteiger partial charge in [0.25, 0.3) is 0 Å². The summed E-state index contributed by atoms with van der Waals surface area (Å²) < 4.78 is 12.2. The summed E-state index contributed by atoms with van der Waals surface area (Å²) in [4.78, 5) is 31.7. The van der Waals surface area contributed by atoms with Gasteiger partial charge in [0.05, 0.1) is 39.1 Å². The molecule has 0 radical (unpaired) electrons. The molecule has 178 valence electrons. The number of amides is 2. The van der Waals surface area contributed by atoms with Crippen LogP contribution in [0.3, 0.4) is 0 Å². The van der Waals surface area contributed by atoms with Gasteiger partial charge in [-0.05, 0) is 82.8 Å². The average Bonchev–Trinajstić information content (AvgIpc) is 3.40. The second-order valence-electron chi connectivity index (χ2n) is 9.41. The van der Waals surface area contributed by atoms with E-state index in [1.165, 1.54) is 10.5 Å². The molecule has 32 heavy (non-hydrogen) atoms. The van der Waals surface area contributed by atoms with Gasteiger partial charge in [0.15, 0.2) is 0 Å². The molecule has 4 rings (SSSR count). The maximum absolute atomic E-state index is 12.4. The van der Waals surface area contributed by atoms with Gasteiger partial charge in [0, 0.05) is 13.6 Å². The summed E-state index contributed by atoms with van der Waals surface area (Å²) in [5.41, 5.74) is 2.37. The van der Waals surface area contributed by atoms with Gasteiger partial charge in [-0.1, -0.05) is 12.5 Å². The molecule has 3 atom stereocenters.